The minimum absolute atomic E-state index is 0.147. The predicted molar refractivity (Wildman–Crippen MR) is 152 cm³/mol. The lowest BCUT2D eigenvalue weighted by molar-refractivity contribution is -0.122. The molecule has 0 spiro atoms. The summed E-state index contributed by atoms with van der Waals surface area (Å²) in [7, 11) is 1.65. The van der Waals surface area contributed by atoms with Crippen LogP contribution < -0.4 is 15.8 Å². The van der Waals surface area contributed by atoms with Crippen molar-refractivity contribution in [1.82, 2.24) is 10.2 Å². The van der Waals surface area contributed by atoms with Crippen LogP contribution in [0.1, 0.15) is 81.3 Å². The number of ether oxygens (including phenoxy) is 1. The van der Waals surface area contributed by atoms with Crippen molar-refractivity contribution in [3.63, 3.8) is 0 Å². The summed E-state index contributed by atoms with van der Waals surface area (Å²) in [5, 5.41) is 2.34. The van der Waals surface area contributed by atoms with Crippen LogP contribution in [-0.4, -0.2) is 43.3 Å². The monoisotopic (exact) mass is 523 g/mol. The van der Waals surface area contributed by atoms with Gasteiger partial charge in [0.1, 0.15) is 11.8 Å². The summed E-state index contributed by atoms with van der Waals surface area (Å²) in [6.45, 7) is 8.63. The molecule has 0 bridgehead atoms. The maximum Gasteiger partial charge on any atom is 0.253 e. The molecule has 2 aromatic rings. The zero-order valence-electron chi connectivity index (χ0n) is 23.4. The number of nitrogens with two attached hydrogens (primary N) is 1. The van der Waals surface area contributed by atoms with Crippen LogP contribution in [0.25, 0.3) is 0 Å². The third kappa shape index (κ3) is 9.51. The average Bonchev–Trinajstić information content (AvgIpc) is 2.94. The molecule has 0 saturated heterocycles. The number of nitrogens with zero attached hydrogens (tertiary/aromatic N) is 1. The van der Waals surface area contributed by atoms with Gasteiger partial charge >= 0.3 is 0 Å². The summed E-state index contributed by atoms with van der Waals surface area (Å²) in [5.41, 5.74) is 6.53. The lowest BCUT2D eigenvalue weighted by Crippen LogP contribution is -2.35. The van der Waals surface area contributed by atoms with Crippen molar-refractivity contribution < 1.29 is 19.1 Å². The Balaban J connectivity index is 0.000000328. The van der Waals surface area contributed by atoms with E-state index in [1.165, 1.54) is 25.7 Å². The molecule has 1 fully saturated rings. The van der Waals surface area contributed by atoms with E-state index in [0.29, 0.717) is 17.9 Å². The maximum absolute atomic E-state index is 12.9. The molecule has 7 nitrogen and oxygen atoms in total. The molecule has 1 aliphatic rings. The first-order chi connectivity index (χ1) is 18.3. The smallest absolute Gasteiger partial charge is 0.253 e. The highest BCUT2D eigenvalue weighted by atomic mass is 16.5. The van der Waals surface area contributed by atoms with Crippen molar-refractivity contribution in [1.29, 1.82) is 0 Å². The number of methoxy groups -OCH3 is 1. The first-order valence-corrected chi connectivity index (χ1v) is 13.8. The van der Waals surface area contributed by atoms with E-state index in [0.717, 1.165) is 49.1 Å². The third-order valence-corrected chi connectivity index (χ3v) is 7.53. The molecule has 38 heavy (non-hydrogen) atoms. The van der Waals surface area contributed by atoms with Gasteiger partial charge in [0.25, 0.3) is 5.91 Å². The van der Waals surface area contributed by atoms with E-state index >= 15 is 0 Å². The lowest BCUT2D eigenvalue weighted by atomic mass is 9.73. The van der Waals surface area contributed by atoms with Crippen molar-refractivity contribution in [2.45, 2.75) is 65.3 Å². The Morgan fingerprint density at radius 2 is 1.74 bits per heavy atom. The number of rotatable bonds is 12. The molecule has 3 amide bonds. The summed E-state index contributed by atoms with van der Waals surface area (Å²) < 4.78 is 5.19. The molecule has 0 heterocycles. The first kappa shape index (κ1) is 30.9. The Labute approximate surface area is 228 Å². The van der Waals surface area contributed by atoms with Crippen LogP contribution in [0.4, 0.5) is 0 Å². The predicted octanol–water partition coefficient (Wildman–Crippen LogP) is 5.36. The second-order valence-corrected chi connectivity index (χ2v) is 10.2. The third-order valence-electron chi connectivity index (χ3n) is 7.53. The van der Waals surface area contributed by atoms with Gasteiger partial charge < -0.3 is 20.7 Å². The molecule has 3 rings (SSSR count). The number of carbonyl (C=O) groups excluding carboxylic acids is 3. The van der Waals surface area contributed by atoms with Crippen LogP contribution in [0.3, 0.4) is 0 Å². The lowest BCUT2D eigenvalue weighted by Gasteiger charge is -2.34. The van der Waals surface area contributed by atoms with Gasteiger partial charge in [-0.25, -0.2) is 0 Å². The normalized spacial score (nSPS) is 18.2. The Morgan fingerprint density at radius 3 is 2.29 bits per heavy atom. The number of benzene rings is 2. The largest absolute Gasteiger partial charge is 0.497 e. The van der Waals surface area contributed by atoms with Gasteiger partial charge in [0.15, 0.2) is 0 Å². The molecular formula is C31H45N3O4. The van der Waals surface area contributed by atoms with Crippen LogP contribution in [0.2, 0.25) is 0 Å². The second-order valence-electron chi connectivity index (χ2n) is 10.2. The van der Waals surface area contributed by atoms with Crippen LogP contribution in [0, 0.1) is 17.8 Å². The van der Waals surface area contributed by atoms with Gasteiger partial charge in [-0.05, 0) is 66.8 Å². The molecule has 1 saturated carbocycles. The fraction of sp³-hybridized carbons (Fsp3) is 0.516. The molecular weight excluding hydrogens is 478 g/mol. The SMILES string of the molecule is CCCN(CCC(C)C1CCCC[C@H]1C)C(=O)c1ccc(OC)cc1.NC(=O)C(NC=O)c1ccccc1. The summed E-state index contributed by atoms with van der Waals surface area (Å²) in [5.74, 6) is 2.72. The summed E-state index contributed by atoms with van der Waals surface area (Å²) >= 11 is 0. The Morgan fingerprint density at radius 1 is 1.08 bits per heavy atom. The number of hydrogen-bond donors (Lipinski definition) is 2. The van der Waals surface area contributed by atoms with Gasteiger partial charge in [0.05, 0.1) is 7.11 Å². The Hall–Kier alpha value is -3.35. The second kappa shape index (κ2) is 16.5. The highest BCUT2D eigenvalue weighted by molar-refractivity contribution is 5.94. The van der Waals surface area contributed by atoms with E-state index < -0.39 is 11.9 Å². The van der Waals surface area contributed by atoms with Crippen molar-refractivity contribution in [3.8, 4) is 5.75 Å². The van der Waals surface area contributed by atoms with Gasteiger partial charge in [-0.3, -0.25) is 14.4 Å². The molecule has 4 atom stereocenters. The average molecular weight is 524 g/mol. The molecule has 1 aliphatic carbocycles. The zero-order valence-corrected chi connectivity index (χ0v) is 23.4. The molecule has 0 radical (unpaired) electrons. The van der Waals surface area contributed by atoms with Crippen molar-refractivity contribution >= 4 is 18.2 Å². The standard InChI is InChI=1S/C22H35NO2.C9H10N2O2/c1-5-15-23(22(24)19-10-12-20(25-4)13-11-19)16-14-18(3)21-9-7-6-8-17(21)2;10-9(13)8(11-6-12)7-4-2-1-3-5-7/h10-13,17-18,21H,5-9,14-16H2,1-4H3;1-6,8H,(H2,10,13)(H,11,12)/t17-,18?,21?;/m1./s1. The summed E-state index contributed by atoms with van der Waals surface area (Å²) in [6.07, 6.45) is 8.07. The first-order valence-electron chi connectivity index (χ1n) is 13.8. The van der Waals surface area contributed by atoms with Gasteiger partial charge in [0, 0.05) is 18.7 Å². The van der Waals surface area contributed by atoms with E-state index in [1.807, 2.05) is 35.2 Å². The number of amides is 3. The zero-order chi connectivity index (χ0) is 27.9. The van der Waals surface area contributed by atoms with E-state index in [-0.39, 0.29) is 5.91 Å². The van der Waals surface area contributed by atoms with E-state index in [1.54, 1.807) is 31.4 Å². The highest BCUT2D eigenvalue weighted by Gasteiger charge is 2.27. The van der Waals surface area contributed by atoms with Gasteiger partial charge in [-0.1, -0.05) is 70.4 Å². The summed E-state index contributed by atoms with van der Waals surface area (Å²) in [4.78, 5) is 36.0. The van der Waals surface area contributed by atoms with E-state index in [4.69, 9.17) is 10.5 Å². The molecule has 208 valence electrons. The van der Waals surface area contributed by atoms with E-state index in [2.05, 4.69) is 26.1 Å². The maximum atomic E-state index is 12.9. The van der Waals surface area contributed by atoms with E-state index in [9.17, 15) is 14.4 Å². The van der Waals surface area contributed by atoms with Crippen LogP contribution in [0.15, 0.2) is 54.6 Å². The molecule has 2 aromatic carbocycles. The molecule has 7 heteroatoms. The molecule has 3 unspecified atom stereocenters. The number of carbonyl (C=O) groups is 3. The van der Waals surface area contributed by atoms with Crippen molar-refractivity contribution in [2.24, 2.45) is 23.5 Å². The fourth-order valence-corrected chi connectivity index (χ4v) is 5.32. The van der Waals surface area contributed by atoms with Gasteiger partial charge in [0.2, 0.25) is 12.3 Å². The summed E-state index contributed by atoms with van der Waals surface area (Å²) in [6, 6.07) is 15.6. The Bertz CT molecular complexity index is 980. The minimum Gasteiger partial charge on any atom is -0.497 e. The quantitative estimate of drug-likeness (QED) is 0.366. The van der Waals surface area contributed by atoms with Crippen molar-refractivity contribution in [3.05, 3.63) is 65.7 Å². The van der Waals surface area contributed by atoms with Crippen LogP contribution in [-0.2, 0) is 9.59 Å². The van der Waals surface area contributed by atoms with Crippen LogP contribution >= 0.6 is 0 Å². The number of hydrogen-bond acceptors (Lipinski definition) is 4. The minimum atomic E-state index is -0.737. The highest BCUT2D eigenvalue weighted by Crippen LogP contribution is 2.36. The van der Waals surface area contributed by atoms with Crippen LogP contribution in [0.5, 0.6) is 5.75 Å². The molecule has 0 aliphatic heterocycles. The molecule has 0 aromatic heterocycles. The fourth-order valence-electron chi connectivity index (χ4n) is 5.32. The Kier molecular flexibility index (Phi) is 13.4. The number of primary amides is 1. The topological polar surface area (TPSA) is 102 Å². The van der Waals surface area contributed by atoms with Gasteiger partial charge in [-0.2, -0.15) is 0 Å². The molecule has 3 N–H and O–H groups in total. The van der Waals surface area contributed by atoms with Gasteiger partial charge in [-0.15, -0.1) is 0 Å². The van der Waals surface area contributed by atoms with Crippen molar-refractivity contribution in [2.75, 3.05) is 20.2 Å². The number of nitrogens with one attached hydrogen (secondary N) is 1.